The SMILES string of the molecule is CC1(C)[C@H]2CC=C(COC(=O)[C@@H]3CS[C@@]4(C)CCC(=O)N34)[C@@H]1C2. The molecule has 0 N–H and O–H groups in total. The average molecular weight is 335 g/mol. The molecular weight excluding hydrogens is 310 g/mol. The fraction of sp³-hybridized carbons (Fsp3) is 0.778. The van der Waals surface area contributed by atoms with E-state index in [1.54, 1.807) is 16.7 Å². The second kappa shape index (κ2) is 5.01. The molecule has 0 aromatic rings. The number of ether oxygens (including phenoxy) is 1. The third kappa shape index (κ3) is 2.19. The van der Waals surface area contributed by atoms with E-state index in [0.29, 0.717) is 30.1 Å². The monoisotopic (exact) mass is 335 g/mol. The first kappa shape index (κ1) is 15.6. The minimum Gasteiger partial charge on any atom is -0.460 e. The molecule has 0 unspecified atom stereocenters. The molecule has 3 fully saturated rings. The van der Waals surface area contributed by atoms with Gasteiger partial charge in [0.15, 0.2) is 0 Å². The van der Waals surface area contributed by atoms with Crippen LogP contribution in [0.25, 0.3) is 0 Å². The van der Waals surface area contributed by atoms with Crippen LogP contribution in [0.15, 0.2) is 11.6 Å². The number of carbonyl (C=O) groups is 2. The molecule has 2 bridgehead atoms. The number of thioether (sulfide) groups is 1. The Bertz CT molecular complexity index is 599. The number of nitrogens with zero attached hydrogens (tertiary/aromatic N) is 1. The Morgan fingerprint density at radius 2 is 2.22 bits per heavy atom. The highest BCUT2D eigenvalue weighted by Crippen LogP contribution is 2.59. The standard InChI is InChI=1S/C18H25NO3S/c1-17(2)12-5-4-11(13(17)8-12)9-22-16(21)14-10-23-18(3)7-6-15(20)19(14)18/h4,12-14H,5-10H2,1-3H3/t12-,13-,14-,18-/m0/s1. The molecule has 23 heavy (non-hydrogen) atoms. The molecule has 2 saturated heterocycles. The van der Waals surface area contributed by atoms with Crippen LogP contribution in [-0.2, 0) is 14.3 Å². The Morgan fingerprint density at radius 1 is 1.43 bits per heavy atom. The molecule has 3 aliphatic carbocycles. The van der Waals surface area contributed by atoms with Crippen LogP contribution in [0.5, 0.6) is 0 Å². The molecule has 2 aliphatic heterocycles. The highest BCUT2D eigenvalue weighted by atomic mass is 32.2. The number of hydrogen-bond donors (Lipinski definition) is 0. The fourth-order valence-corrected chi connectivity index (χ4v) is 6.30. The first-order chi connectivity index (χ1) is 10.8. The number of amides is 1. The van der Waals surface area contributed by atoms with Gasteiger partial charge in [0.05, 0.1) is 4.87 Å². The number of allylic oxidation sites excluding steroid dienone is 1. The molecular formula is C18H25NO3S. The lowest BCUT2D eigenvalue weighted by molar-refractivity contribution is -0.153. The second-order valence-electron chi connectivity index (χ2n) is 8.19. The summed E-state index contributed by atoms with van der Waals surface area (Å²) in [6, 6.07) is -0.397. The Kier molecular flexibility index (Phi) is 3.39. The van der Waals surface area contributed by atoms with Crippen LogP contribution in [0, 0.1) is 17.3 Å². The van der Waals surface area contributed by atoms with Gasteiger partial charge in [0.1, 0.15) is 12.6 Å². The molecule has 4 nitrogen and oxygen atoms in total. The lowest BCUT2D eigenvalue weighted by atomic mass is 9.49. The molecule has 5 rings (SSSR count). The molecule has 1 amide bonds. The first-order valence-electron chi connectivity index (χ1n) is 8.64. The van der Waals surface area contributed by atoms with Crippen LogP contribution in [0.2, 0.25) is 0 Å². The third-order valence-electron chi connectivity index (χ3n) is 6.68. The average Bonchev–Trinajstić information content (AvgIpc) is 3.01. The zero-order chi connectivity index (χ0) is 16.4. The zero-order valence-electron chi connectivity index (χ0n) is 14.1. The zero-order valence-corrected chi connectivity index (χ0v) is 14.9. The van der Waals surface area contributed by atoms with Crippen LogP contribution in [0.1, 0.15) is 46.5 Å². The number of fused-ring (bicyclic) bond motifs is 2. The summed E-state index contributed by atoms with van der Waals surface area (Å²) in [5, 5.41) is 0. The van der Waals surface area contributed by atoms with Gasteiger partial charge in [-0.15, -0.1) is 11.8 Å². The normalized spacial score (nSPS) is 40.5. The minimum atomic E-state index is -0.397. The molecule has 1 saturated carbocycles. The number of esters is 1. The quantitative estimate of drug-likeness (QED) is 0.588. The smallest absolute Gasteiger partial charge is 0.330 e. The van der Waals surface area contributed by atoms with E-state index in [0.717, 1.165) is 18.8 Å². The van der Waals surface area contributed by atoms with Crippen LogP contribution < -0.4 is 0 Å². The summed E-state index contributed by atoms with van der Waals surface area (Å²) in [4.78, 5) is 26.2. The van der Waals surface area contributed by atoms with Gasteiger partial charge in [-0.05, 0) is 49.0 Å². The van der Waals surface area contributed by atoms with E-state index in [2.05, 4.69) is 26.8 Å². The second-order valence-corrected chi connectivity index (χ2v) is 9.70. The summed E-state index contributed by atoms with van der Waals surface area (Å²) in [5.74, 6) is 1.89. The largest absolute Gasteiger partial charge is 0.460 e. The van der Waals surface area contributed by atoms with Crippen molar-refractivity contribution in [2.24, 2.45) is 17.3 Å². The van der Waals surface area contributed by atoms with E-state index in [1.165, 1.54) is 12.0 Å². The predicted molar refractivity (Wildman–Crippen MR) is 89.8 cm³/mol. The van der Waals surface area contributed by atoms with Crippen LogP contribution in [0.4, 0.5) is 0 Å². The van der Waals surface area contributed by atoms with Crippen molar-refractivity contribution >= 4 is 23.6 Å². The summed E-state index contributed by atoms with van der Waals surface area (Å²) in [5.41, 5.74) is 1.63. The molecule has 2 heterocycles. The van der Waals surface area contributed by atoms with Crippen LogP contribution in [0.3, 0.4) is 0 Å². The Hall–Kier alpha value is -0.970. The van der Waals surface area contributed by atoms with E-state index in [9.17, 15) is 9.59 Å². The topological polar surface area (TPSA) is 46.6 Å². The Balaban J connectivity index is 1.40. The summed E-state index contributed by atoms with van der Waals surface area (Å²) in [7, 11) is 0. The lowest BCUT2D eigenvalue weighted by Gasteiger charge is -2.56. The summed E-state index contributed by atoms with van der Waals surface area (Å²) in [6.45, 7) is 7.11. The van der Waals surface area contributed by atoms with Crippen molar-refractivity contribution in [1.29, 1.82) is 0 Å². The fourth-order valence-electron chi connectivity index (χ4n) is 4.89. The number of hydrogen-bond acceptors (Lipinski definition) is 4. The van der Waals surface area contributed by atoms with E-state index in [1.807, 2.05) is 0 Å². The van der Waals surface area contributed by atoms with Crippen molar-refractivity contribution in [3.63, 3.8) is 0 Å². The maximum Gasteiger partial charge on any atom is 0.330 e. The van der Waals surface area contributed by atoms with Gasteiger partial charge in [0, 0.05) is 12.2 Å². The van der Waals surface area contributed by atoms with Crippen molar-refractivity contribution < 1.29 is 14.3 Å². The van der Waals surface area contributed by atoms with Crippen molar-refractivity contribution in [3.05, 3.63) is 11.6 Å². The highest BCUT2D eigenvalue weighted by molar-refractivity contribution is 8.01. The molecule has 5 heteroatoms. The van der Waals surface area contributed by atoms with E-state index < -0.39 is 6.04 Å². The van der Waals surface area contributed by atoms with Gasteiger partial charge in [0.2, 0.25) is 5.91 Å². The van der Waals surface area contributed by atoms with Gasteiger partial charge < -0.3 is 9.64 Å². The molecule has 5 aliphatic rings. The third-order valence-corrected chi connectivity index (χ3v) is 8.19. The maximum absolute atomic E-state index is 12.5. The van der Waals surface area contributed by atoms with E-state index in [4.69, 9.17) is 4.74 Å². The lowest BCUT2D eigenvalue weighted by Crippen LogP contribution is -2.49. The maximum atomic E-state index is 12.5. The van der Waals surface area contributed by atoms with E-state index in [-0.39, 0.29) is 16.7 Å². The van der Waals surface area contributed by atoms with Gasteiger partial charge in [0.25, 0.3) is 0 Å². The van der Waals surface area contributed by atoms with Gasteiger partial charge in [-0.2, -0.15) is 0 Å². The summed E-state index contributed by atoms with van der Waals surface area (Å²) >= 11 is 1.71. The molecule has 126 valence electrons. The molecule has 0 spiro atoms. The minimum absolute atomic E-state index is 0.0966. The van der Waals surface area contributed by atoms with Crippen LogP contribution >= 0.6 is 11.8 Å². The summed E-state index contributed by atoms with van der Waals surface area (Å²) in [6.07, 6.45) is 6.00. The van der Waals surface area contributed by atoms with Crippen molar-refractivity contribution in [3.8, 4) is 0 Å². The number of rotatable bonds is 3. The summed E-state index contributed by atoms with van der Waals surface area (Å²) < 4.78 is 5.64. The van der Waals surface area contributed by atoms with Crippen molar-refractivity contribution in [2.75, 3.05) is 12.4 Å². The Labute approximate surface area is 142 Å². The molecule has 0 aromatic carbocycles. The first-order valence-corrected chi connectivity index (χ1v) is 9.63. The van der Waals surface area contributed by atoms with Crippen molar-refractivity contribution in [2.45, 2.75) is 57.4 Å². The highest BCUT2D eigenvalue weighted by Gasteiger charge is 2.54. The molecule has 4 atom stereocenters. The van der Waals surface area contributed by atoms with Crippen LogP contribution in [-0.4, -0.2) is 40.0 Å². The van der Waals surface area contributed by atoms with Crippen molar-refractivity contribution in [1.82, 2.24) is 4.90 Å². The van der Waals surface area contributed by atoms with Gasteiger partial charge in [-0.1, -0.05) is 19.9 Å². The molecule has 0 radical (unpaired) electrons. The van der Waals surface area contributed by atoms with Gasteiger partial charge in [-0.3, -0.25) is 4.79 Å². The van der Waals surface area contributed by atoms with Gasteiger partial charge in [-0.25, -0.2) is 4.79 Å². The Morgan fingerprint density at radius 3 is 2.91 bits per heavy atom. The molecule has 0 aromatic heterocycles. The number of carbonyl (C=O) groups excluding carboxylic acids is 2. The van der Waals surface area contributed by atoms with E-state index >= 15 is 0 Å². The predicted octanol–water partition coefficient (Wildman–Crippen LogP) is 2.98. The van der Waals surface area contributed by atoms with Gasteiger partial charge >= 0.3 is 5.97 Å².